The first-order chi connectivity index (χ1) is 6.20. The number of nitrogens with zero attached hydrogens (tertiary/aromatic N) is 1. The van der Waals surface area contributed by atoms with E-state index in [0.29, 0.717) is 6.42 Å². The van der Waals surface area contributed by atoms with Crippen molar-refractivity contribution < 1.29 is 19.5 Å². The summed E-state index contributed by atoms with van der Waals surface area (Å²) in [4.78, 5) is 9.37. The van der Waals surface area contributed by atoms with Crippen LogP contribution in [0.2, 0.25) is 0 Å². The van der Waals surface area contributed by atoms with E-state index in [4.69, 9.17) is 10.2 Å². The molecule has 0 aliphatic carbocycles. The van der Waals surface area contributed by atoms with Crippen molar-refractivity contribution in [2.45, 2.75) is 19.8 Å². The molecule has 0 saturated heterocycles. The maximum absolute atomic E-state index is 9.37. The Bertz CT molecular complexity index is 220. The maximum Gasteiger partial charge on any atom is 0.303 e. The first-order valence-electron chi connectivity index (χ1n) is 3.93. The Hall–Kier alpha value is -1.36. The van der Waals surface area contributed by atoms with E-state index < -0.39 is 5.97 Å². The molecule has 13 heavy (non-hydrogen) atoms. The standard InChI is InChI=1S/C5H7NO2.C3H6O2/c7-4-2-5-1-3-6-8-5;1-2-3(4)5/h1,3,7H,2,4H2;2H2,1H3,(H,4,5). The molecule has 0 fully saturated rings. The van der Waals surface area contributed by atoms with Crippen LogP contribution in [-0.2, 0) is 11.2 Å². The van der Waals surface area contributed by atoms with Crippen molar-refractivity contribution in [1.29, 1.82) is 0 Å². The maximum atomic E-state index is 9.37. The van der Waals surface area contributed by atoms with Crippen LogP contribution >= 0.6 is 0 Å². The van der Waals surface area contributed by atoms with Crippen LogP contribution in [0.5, 0.6) is 0 Å². The molecule has 0 bridgehead atoms. The Morgan fingerprint density at radius 2 is 2.31 bits per heavy atom. The second kappa shape index (κ2) is 7.30. The first kappa shape index (κ1) is 11.6. The number of aliphatic hydroxyl groups is 1. The molecule has 1 aromatic rings. The van der Waals surface area contributed by atoms with Gasteiger partial charge in [-0.2, -0.15) is 0 Å². The van der Waals surface area contributed by atoms with E-state index >= 15 is 0 Å². The van der Waals surface area contributed by atoms with Gasteiger partial charge in [-0.1, -0.05) is 12.1 Å². The zero-order valence-electron chi connectivity index (χ0n) is 7.43. The van der Waals surface area contributed by atoms with E-state index in [2.05, 4.69) is 9.68 Å². The summed E-state index contributed by atoms with van der Waals surface area (Å²) in [6, 6.07) is 1.73. The van der Waals surface area contributed by atoms with Crippen LogP contribution in [0.1, 0.15) is 19.1 Å². The second-order valence-electron chi connectivity index (χ2n) is 2.20. The van der Waals surface area contributed by atoms with Gasteiger partial charge in [0, 0.05) is 18.9 Å². The summed E-state index contributed by atoms with van der Waals surface area (Å²) in [7, 11) is 0. The monoisotopic (exact) mass is 187 g/mol. The van der Waals surface area contributed by atoms with Crippen LogP contribution in [-0.4, -0.2) is 27.9 Å². The van der Waals surface area contributed by atoms with Crippen LogP contribution in [0.4, 0.5) is 0 Å². The molecule has 1 aromatic heterocycles. The van der Waals surface area contributed by atoms with Gasteiger partial charge in [-0.05, 0) is 0 Å². The van der Waals surface area contributed by atoms with Crippen molar-refractivity contribution in [2.75, 3.05) is 6.61 Å². The van der Waals surface area contributed by atoms with Crippen molar-refractivity contribution in [3.05, 3.63) is 18.0 Å². The van der Waals surface area contributed by atoms with Crippen LogP contribution in [0, 0.1) is 0 Å². The van der Waals surface area contributed by atoms with Crippen LogP contribution in [0.15, 0.2) is 16.8 Å². The number of aliphatic hydroxyl groups excluding tert-OH is 1. The Balaban J connectivity index is 0.000000252. The Morgan fingerprint density at radius 3 is 2.62 bits per heavy atom. The average molecular weight is 187 g/mol. The van der Waals surface area contributed by atoms with E-state index in [1.807, 2.05) is 0 Å². The highest BCUT2D eigenvalue weighted by atomic mass is 16.5. The fourth-order valence-electron chi connectivity index (χ4n) is 0.481. The molecule has 0 saturated carbocycles. The Morgan fingerprint density at radius 1 is 1.69 bits per heavy atom. The van der Waals surface area contributed by atoms with E-state index in [1.54, 1.807) is 19.2 Å². The van der Waals surface area contributed by atoms with Gasteiger partial charge in [-0.15, -0.1) is 0 Å². The van der Waals surface area contributed by atoms with Gasteiger partial charge in [0.2, 0.25) is 0 Å². The fraction of sp³-hybridized carbons (Fsp3) is 0.500. The molecule has 0 spiro atoms. The van der Waals surface area contributed by atoms with Gasteiger partial charge in [-0.3, -0.25) is 4.79 Å². The van der Waals surface area contributed by atoms with Gasteiger partial charge in [0.1, 0.15) is 5.76 Å². The van der Waals surface area contributed by atoms with Gasteiger partial charge in [0.05, 0.1) is 12.8 Å². The molecular formula is C8H13NO4. The normalized spacial score (nSPS) is 8.77. The van der Waals surface area contributed by atoms with Gasteiger partial charge in [0.25, 0.3) is 0 Å². The molecular weight excluding hydrogens is 174 g/mol. The van der Waals surface area contributed by atoms with Gasteiger partial charge in [-0.25, -0.2) is 0 Å². The highest BCUT2D eigenvalue weighted by Gasteiger charge is 1.91. The van der Waals surface area contributed by atoms with E-state index in [0.717, 1.165) is 5.76 Å². The van der Waals surface area contributed by atoms with Crippen LogP contribution < -0.4 is 0 Å². The zero-order valence-corrected chi connectivity index (χ0v) is 7.43. The molecule has 0 aliphatic rings. The molecule has 0 amide bonds. The van der Waals surface area contributed by atoms with Crippen molar-refractivity contribution in [1.82, 2.24) is 5.16 Å². The number of hydrogen-bond acceptors (Lipinski definition) is 4. The van der Waals surface area contributed by atoms with E-state index in [1.165, 1.54) is 0 Å². The zero-order chi connectivity index (χ0) is 10.1. The number of carboxylic acid groups (broad SMARTS) is 1. The number of carbonyl (C=O) groups is 1. The van der Waals surface area contributed by atoms with Gasteiger partial charge in [0.15, 0.2) is 0 Å². The molecule has 0 radical (unpaired) electrons. The number of aromatic nitrogens is 1. The second-order valence-corrected chi connectivity index (χ2v) is 2.20. The number of carboxylic acids is 1. The molecule has 0 aliphatic heterocycles. The SMILES string of the molecule is CCC(=O)O.OCCc1ccno1. The van der Waals surface area contributed by atoms with Crippen molar-refractivity contribution in [3.8, 4) is 0 Å². The molecule has 1 heterocycles. The van der Waals surface area contributed by atoms with Gasteiger partial charge < -0.3 is 14.7 Å². The quantitative estimate of drug-likeness (QED) is 0.727. The van der Waals surface area contributed by atoms with Crippen molar-refractivity contribution in [2.24, 2.45) is 0 Å². The number of aliphatic carboxylic acids is 1. The smallest absolute Gasteiger partial charge is 0.303 e. The van der Waals surface area contributed by atoms with Crippen LogP contribution in [0.3, 0.4) is 0 Å². The minimum atomic E-state index is -0.745. The summed E-state index contributed by atoms with van der Waals surface area (Å²) in [5.41, 5.74) is 0. The minimum Gasteiger partial charge on any atom is -0.481 e. The largest absolute Gasteiger partial charge is 0.481 e. The molecule has 5 nitrogen and oxygen atoms in total. The Labute approximate surface area is 76.0 Å². The minimum absolute atomic E-state index is 0.120. The molecule has 0 unspecified atom stereocenters. The van der Waals surface area contributed by atoms with Crippen molar-refractivity contribution >= 4 is 5.97 Å². The summed E-state index contributed by atoms with van der Waals surface area (Å²) in [6.07, 6.45) is 2.34. The number of rotatable bonds is 3. The molecule has 74 valence electrons. The van der Waals surface area contributed by atoms with E-state index in [-0.39, 0.29) is 13.0 Å². The lowest BCUT2D eigenvalue weighted by atomic mass is 10.3. The predicted octanol–water partition coefficient (Wildman–Crippen LogP) is 0.690. The lowest BCUT2D eigenvalue weighted by Gasteiger charge is -1.83. The van der Waals surface area contributed by atoms with E-state index in [9.17, 15) is 4.79 Å². The lowest BCUT2D eigenvalue weighted by molar-refractivity contribution is -0.136. The third-order valence-corrected chi connectivity index (χ3v) is 1.15. The summed E-state index contributed by atoms with van der Waals surface area (Å²) in [5, 5.41) is 19.5. The lowest BCUT2D eigenvalue weighted by Crippen LogP contribution is -1.86. The fourth-order valence-corrected chi connectivity index (χ4v) is 0.481. The molecule has 1 rings (SSSR count). The Kier molecular flexibility index (Phi) is 6.53. The topological polar surface area (TPSA) is 83.6 Å². The first-order valence-corrected chi connectivity index (χ1v) is 3.93. The average Bonchev–Trinajstić information content (AvgIpc) is 2.59. The highest BCUT2D eigenvalue weighted by Crippen LogP contribution is 1.94. The summed E-state index contributed by atoms with van der Waals surface area (Å²) in [5.74, 6) is -0.0162. The van der Waals surface area contributed by atoms with Crippen molar-refractivity contribution in [3.63, 3.8) is 0 Å². The predicted molar refractivity (Wildman–Crippen MR) is 45.2 cm³/mol. The number of hydrogen-bond donors (Lipinski definition) is 2. The third-order valence-electron chi connectivity index (χ3n) is 1.15. The molecule has 2 N–H and O–H groups in total. The third kappa shape index (κ3) is 7.02. The highest BCUT2D eigenvalue weighted by molar-refractivity contribution is 5.66. The van der Waals surface area contributed by atoms with Gasteiger partial charge >= 0.3 is 5.97 Å². The van der Waals surface area contributed by atoms with Crippen LogP contribution in [0.25, 0.3) is 0 Å². The molecule has 0 atom stereocenters. The summed E-state index contributed by atoms with van der Waals surface area (Å²) >= 11 is 0. The molecule has 5 heteroatoms. The summed E-state index contributed by atoms with van der Waals surface area (Å²) in [6.45, 7) is 1.72. The molecule has 0 aromatic carbocycles. The summed E-state index contributed by atoms with van der Waals surface area (Å²) < 4.78 is 4.66.